The molecule has 2 aromatic carbocycles. The third kappa shape index (κ3) is 5.88. The summed E-state index contributed by atoms with van der Waals surface area (Å²) in [5.74, 6) is -1.39. The Bertz CT molecular complexity index is 1240. The molecule has 0 unspecified atom stereocenters. The van der Waals surface area contributed by atoms with E-state index in [1.54, 1.807) is 13.1 Å². The largest absolute Gasteiger partial charge is 0.390 e. The summed E-state index contributed by atoms with van der Waals surface area (Å²) in [7, 11) is 1.77. The van der Waals surface area contributed by atoms with Crippen LogP contribution >= 0.6 is 15.9 Å². The van der Waals surface area contributed by atoms with Gasteiger partial charge >= 0.3 is 0 Å². The number of anilines is 1. The lowest BCUT2D eigenvalue weighted by Gasteiger charge is -2.28. The van der Waals surface area contributed by atoms with Crippen molar-refractivity contribution in [3.8, 4) is 11.3 Å². The van der Waals surface area contributed by atoms with Crippen LogP contribution in [-0.2, 0) is 0 Å². The quantitative estimate of drug-likeness (QED) is 0.343. The highest BCUT2D eigenvalue weighted by molar-refractivity contribution is 9.10. The summed E-state index contributed by atoms with van der Waals surface area (Å²) in [5, 5.41) is 15.6. The van der Waals surface area contributed by atoms with E-state index in [2.05, 4.69) is 36.5 Å². The number of hydrogen-bond donors (Lipinski definition) is 4. The smallest absolute Gasteiger partial charge is 0.254 e. The maximum absolute atomic E-state index is 15.1. The van der Waals surface area contributed by atoms with Crippen LogP contribution in [0.1, 0.15) is 52.8 Å². The molecule has 7 nitrogen and oxygen atoms in total. The van der Waals surface area contributed by atoms with Gasteiger partial charge in [0, 0.05) is 22.5 Å². The third-order valence-corrected chi connectivity index (χ3v) is 6.92. The molecule has 4 rings (SSSR count). The summed E-state index contributed by atoms with van der Waals surface area (Å²) in [6.07, 6.45) is 0.241. The molecule has 0 saturated heterocycles. The van der Waals surface area contributed by atoms with E-state index in [-0.39, 0.29) is 35.5 Å². The molecule has 1 aromatic heterocycles. The predicted molar refractivity (Wildman–Crippen MR) is 138 cm³/mol. The number of benzene rings is 2. The van der Waals surface area contributed by atoms with Crippen molar-refractivity contribution < 1.29 is 18.7 Å². The van der Waals surface area contributed by atoms with Crippen LogP contribution in [-0.4, -0.2) is 46.8 Å². The molecule has 1 amide bonds. The van der Waals surface area contributed by atoms with Crippen molar-refractivity contribution in [2.24, 2.45) is 0 Å². The second-order valence-electron chi connectivity index (χ2n) is 8.96. The molecular weight excluding hydrogens is 532 g/mol. The monoisotopic (exact) mass is 559 g/mol. The average molecular weight is 560 g/mol. The van der Waals surface area contributed by atoms with Crippen molar-refractivity contribution in [1.29, 1.82) is 0 Å². The van der Waals surface area contributed by atoms with Gasteiger partial charge in [0.05, 0.1) is 29.6 Å². The van der Waals surface area contributed by atoms with Crippen molar-refractivity contribution in [2.45, 2.75) is 43.5 Å². The van der Waals surface area contributed by atoms with Gasteiger partial charge in [0.2, 0.25) is 0 Å². The number of aromatic nitrogens is 2. The van der Waals surface area contributed by atoms with Gasteiger partial charge in [0.15, 0.2) is 0 Å². The summed E-state index contributed by atoms with van der Waals surface area (Å²) in [6.45, 7) is 0.457. The number of likely N-dealkylation sites (N-methyl/N-ethyl adjacent to an activating group) is 1. The first-order chi connectivity index (χ1) is 17.3. The van der Waals surface area contributed by atoms with E-state index in [1.165, 1.54) is 18.3 Å². The number of nitrogens with two attached hydrogens (primary N) is 1. The average Bonchev–Trinajstić information content (AvgIpc) is 2.85. The predicted octanol–water partition coefficient (Wildman–Crippen LogP) is 4.28. The molecule has 1 fully saturated rings. The first-order valence-corrected chi connectivity index (χ1v) is 12.5. The zero-order valence-corrected chi connectivity index (χ0v) is 21.3. The minimum atomic E-state index is -1.33. The molecule has 0 spiro atoms. The van der Waals surface area contributed by atoms with Crippen molar-refractivity contribution in [3.05, 3.63) is 75.8 Å². The maximum atomic E-state index is 15.1. The fourth-order valence-corrected chi connectivity index (χ4v) is 4.87. The molecule has 1 heterocycles. The molecule has 10 heteroatoms. The summed E-state index contributed by atoms with van der Waals surface area (Å²) >= 11 is 3.43. The first kappa shape index (κ1) is 26.1. The molecule has 5 N–H and O–H groups in total. The van der Waals surface area contributed by atoms with Crippen molar-refractivity contribution in [3.63, 3.8) is 0 Å². The SMILES string of the molecule is CNC[C@@H](NC(=O)c1ccc(-c2nc([C@@H]3CC[C@@H](O)[C@H](F)C3)cnc2N)cc1F)c1cccc(Br)c1. The lowest BCUT2D eigenvalue weighted by Crippen LogP contribution is -2.35. The summed E-state index contributed by atoms with van der Waals surface area (Å²) in [6, 6.07) is 11.3. The fraction of sp³-hybridized carbons (Fsp3) is 0.346. The standard InChI is InChI=1S/C26H28BrF2N5O2/c1-31-12-21(14-3-2-4-17(27)9-14)34-26(36)18-7-5-16(11-19(18)28)24-25(30)32-13-22(33-24)15-6-8-23(35)20(29)10-15/h2-5,7,9,11,13,15,20-21,23,31,35H,6,8,10,12H2,1H3,(H2,30,32)(H,34,36)/t15-,20-,21-,23-/m1/s1. The number of hydrogen-bond acceptors (Lipinski definition) is 6. The van der Waals surface area contributed by atoms with Gasteiger partial charge in [0.1, 0.15) is 23.5 Å². The van der Waals surface area contributed by atoms with Crippen LogP contribution in [0.2, 0.25) is 0 Å². The molecule has 4 atom stereocenters. The van der Waals surface area contributed by atoms with E-state index in [9.17, 15) is 14.3 Å². The van der Waals surface area contributed by atoms with Crippen LogP contribution in [0.3, 0.4) is 0 Å². The fourth-order valence-electron chi connectivity index (χ4n) is 4.45. The zero-order chi connectivity index (χ0) is 25.8. The third-order valence-electron chi connectivity index (χ3n) is 6.43. The number of rotatable bonds is 7. The molecule has 1 aliphatic rings. The van der Waals surface area contributed by atoms with Gasteiger partial charge in [-0.3, -0.25) is 4.79 Å². The number of halogens is 3. The number of amides is 1. The van der Waals surface area contributed by atoms with Crippen LogP contribution in [0.5, 0.6) is 0 Å². The van der Waals surface area contributed by atoms with Gasteiger partial charge in [-0.15, -0.1) is 0 Å². The lowest BCUT2D eigenvalue weighted by molar-refractivity contribution is 0.0363. The number of carbonyl (C=O) groups excluding carboxylic acids is 1. The van der Waals surface area contributed by atoms with Gasteiger partial charge in [-0.2, -0.15) is 0 Å². The number of nitrogens with zero attached hydrogens (tertiary/aromatic N) is 2. The minimum absolute atomic E-state index is 0.103. The van der Waals surface area contributed by atoms with E-state index < -0.39 is 24.0 Å². The van der Waals surface area contributed by atoms with Crippen LogP contribution in [0, 0.1) is 5.82 Å². The minimum Gasteiger partial charge on any atom is -0.390 e. The second kappa shape index (κ2) is 11.4. The van der Waals surface area contributed by atoms with Gasteiger partial charge in [-0.05, 0) is 56.1 Å². The van der Waals surface area contributed by atoms with E-state index in [1.807, 2.05) is 24.3 Å². The van der Waals surface area contributed by atoms with Crippen LogP contribution < -0.4 is 16.4 Å². The normalized spacial score (nSPS) is 20.6. The molecule has 190 valence electrons. The Labute approximate surface area is 216 Å². The van der Waals surface area contributed by atoms with Gasteiger partial charge in [0.25, 0.3) is 5.91 Å². The van der Waals surface area contributed by atoms with E-state index in [0.717, 1.165) is 10.0 Å². The Balaban J connectivity index is 1.56. The number of nitrogen functional groups attached to an aromatic ring is 1. The number of nitrogens with one attached hydrogen (secondary N) is 2. The highest BCUT2D eigenvalue weighted by Crippen LogP contribution is 2.35. The second-order valence-corrected chi connectivity index (χ2v) is 9.87. The summed E-state index contributed by atoms with van der Waals surface area (Å²) < 4.78 is 30.0. The van der Waals surface area contributed by atoms with Gasteiger partial charge < -0.3 is 21.5 Å². The maximum Gasteiger partial charge on any atom is 0.254 e. The van der Waals surface area contributed by atoms with Gasteiger partial charge in [-0.1, -0.05) is 34.1 Å². The van der Waals surface area contributed by atoms with E-state index in [4.69, 9.17) is 5.73 Å². The molecule has 0 bridgehead atoms. The molecule has 1 saturated carbocycles. The first-order valence-electron chi connectivity index (χ1n) is 11.7. The summed E-state index contributed by atoms with van der Waals surface area (Å²) in [5.41, 5.74) is 7.95. The zero-order valence-electron chi connectivity index (χ0n) is 19.7. The Morgan fingerprint density at radius 3 is 2.78 bits per heavy atom. The van der Waals surface area contributed by atoms with Crippen molar-refractivity contribution in [1.82, 2.24) is 20.6 Å². The molecule has 3 aromatic rings. The molecule has 1 aliphatic carbocycles. The number of aliphatic hydroxyl groups excluding tert-OH is 1. The lowest BCUT2D eigenvalue weighted by atomic mass is 9.84. The van der Waals surface area contributed by atoms with Crippen LogP contribution in [0.25, 0.3) is 11.3 Å². The molecule has 0 radical (unpaired) electrons. The van der Waals surface area contributed by atoms with Crippen LogP contribution in [0.15, 0.2) is 53.1 Å². The number of carbonyl (C=O) groups is 1. The van der Waals surface area contributed by atoms with Crippen molar-refractivity contribution >= 4 is 27.7 Å². The molecule has 36 heavy (non-hydrogen) atoms. The Morgan fingerprint density at radius 1 is 1.28 bits per heavy atom. The topological polar surface area (TPSA) is 113 Å². The van der Waals surface area contributed by atoms with Crippen LogP contribution in [0.4, 0.5) is 14.6 Å². The Morgan fingerprint density at radius 2 is 2.08 bits per heavy atom. The Kier molecular flexibility index (Phi) is 8.28. The number of aliphatic hydroxyl groups is 1. The number of alkyl halides is 1. The molecule has 0 aliphatic heterocycles. The highest BCUT2D eigenvalue weighted by atomic mass is 79.9. The molecular formula is C26H28BrF2N5O2. The van der Waals surface area contributed by atoms with E-state index in [0.29, 0.717) is 30.6 Å². The summed E-state index contributed by atoms with van der Waals surface area (Å²) in [4.78, 5) is 21.7. The Hall–Kier alpha value is -2.95. The van der Waals surface area contributed by atoms with E-state index >= 15 is 4.39 Å². The van der Waals surface area contributed by atoms with Gasteiger partial charge in [-0.25, -0.2) is 18.7 Å². The highest BCUT2D eigenvalue weighted by Gasteiger charge is 2.31. The van der Waals surface area contributed by atoms with Crippen molar-refractivity contribution in [2.75, 3.05) is 19.3 Å².